The molecular weight excluding hydrogens is 302 g/mol. The van der Waals surface area contributed by atoms with E-state index in [1.54, 1.807) is 0 Å². The van der Waals surface area contributed by atoms with Crippen molar-refractivity contribution in [1.82, 2.24) is 4.98 Å². The van der Waals surface area contributed by atoms with Crippen LogP contribution < -0.4 is 5.32 Å². The molecule has 1 aliphatic carbocycles. The number of pyridine rings is 1. The van der Waals surface area contributed by atoms with E-state index in [0.717, 1.165) is 17.5 Å². The highest BCUT2D eigenvalue weighted by molar-refractivity contribution is 6.06. The SMILES string of the molecule is CC(=O)Nc1nc2c(c(-c3ccc(C)cc3)c1C#N)C(=O)CCC2. The van der Waals surface area contributed by atoms with Crippen LogP contribution in [0.3, 0.4) is 0 Å². The maximum atomic E-state index is 12.5. The summed E-state index contributed by atoms with van der Waals surface area (Å²) in [6.45, 7) is 3.35. The minimum Gasteiger partial charge on any atom is -0.310 e. The summed E-state index contributed by atoms with van der Waals surface area (Å²) in [5.41, 5.74) is 3.88. The van der Waals surface area contributed by atoms with Crippen LogP contribution in [0.2, 0.25) is 0 Å². The first kappa shape index (κ1) is 15.9. The van der Waals surface area contributed by atoms with Crippen LogP contribution in [0.1, 0.15) is 46.9 Å². The molecule has 0 atom stereocenters. The first-order valence-electron chi connectivity index (χ1n) is 7.86. The van der Waals surface area contributed by atoms with Crippen LogP contribution in [0.5, 0.6) is 0 Å². The molecule has 0 unspecified atom stereocenters. The number of carbonyl (C=O) groups excluding carboxylic acids is 2. The van der Waals surface area contributed by atoms with E-state index in [1.165, 1.54) is 6.92 Å². The highest BCUT2D eigenvalue weighted by Crippen LogP contribution is 2.36. The summed E-state index contributed by atoms with van der Waals surface area (Å²) in [6.07, 6.45) is 1.85. The molecule has 5 nitrogen and oxygen atoms in total. The number of amides is 1. The number of fused-ring (bicyclic) bond motifs is 1. The zero-order chi connectivity index (χ0) is 17.3. The van der Waals surface area contributed by atoms with Gasteiger partial charge in [0.25, 0.3) is 0 Å². The molecule has 0 fully saturated rings. The van der Waals surface area contributed by atoms with Gasteiger partial charge in [-0.25, -0.2) is 4.98 Å². The Kier molecular flexibility index (Phi) is 4.13. The van der Waals surface area contributed by atoms with Gasteiger partial charge in [-0.3, -0.25) is 9.59 Å². The van der Waals surface area contributed by atoms with Crippen LogP contribution in [0.4, 0.5) is 5.82 Å². The smallest absolute Gasteiger partial charge is 0.222 e. The number of anilines is 1. The largest absolute Gasteiger partial charge is 0.310 e. The number of rotatable bonds is 2. The molecule has 1 aliphatic rings. The normalized spacial score (nSPS) is 13.1. The van der Waals surface area contributed by atoms with E-state index >= 15 is 0 Å². The number of hydrogen-bond donors (Lipinski definition) is 1. The third kappa shape index (κ3) is 2.79. The summed E-state index contributed by atoms with van der Waals surface area (Å²) in [5, 5.41) is 12.3. The fourth-order valence-electron chi connectivity index (χ4n) is 3.03. The van der Waals surface area contributed by atoms with Crippen molar-refractivity contribution >= 4 is 17.5 Å². The molecule has 0 radical (unpaired) electrons. The summed E-state index contributed by atoms with van der Waals surface area (Å²) in [5.74, 6) is -0.0600. The van der Waals surface area contributed by atoms with Crippen molar-refractivity contribution in [2.24, 2.45) is 0 Å². The van der Waals surface area contributed by atoms with E-state index in [1.807, 2.05) is 31.2 Å². The van der Waals surface area contributed by atoms with Crippen LogP contribution in [-0.4, -0.2) is 16.7 Å². The Labute approximate surface area is 140 Å². The van der Waals surface area contributed by atoms with Gasteiger partial charge < -0.3 is 5.32 Å². The maximum Gasteiger partial charge on any atom is 0.222 e. The lowest BCUT2D eigenvalue weighted by molar-refractivity contribution is -0.114. The van der Waals surface area contributed by atoms with Gasteiger partial charge in [0.15, 0.2) is 11.6 Å². The van der Waals surface area contributed by atoms with Crippen molar-refractivity contribution in [2.45, 2.75) is 33.1 Å². The third-order valence-corrected chi connectivity index (χ3v) is 4.11. The summed E-state index contributed by atoms with van der Waals surface area (Å²) in [6, 6.07) is 9.79. The number of Topliss-reactive ketones (excluding diaryl/α,β-unsaturated/α-hetero) is 1. The fourth-order valence-corrected chi connectivity index (χ4v) is 3.03. The van der Waals surface area contributed by atoms with Crippen LogP contribution in [0, 0.1) is 18.3 Å². The number of aryl methyl sites for hydroxylation is 2. The number of aromatic nitrogens is 1. The average molecular weight is 319 g/mol. The zero-order valence-electron chi connectivity index (χ0n) is 13.6. The Balaban J connectivity index is 2.34. The Morgan fingerprint density at radius 1 is 1.21 bits per heavy atom. The van der Waals surface area contributed by atoms with E-state index in [-0.39, 0.29) is 23.1 Å². The van der Waals surface area contributed by atoms with Crippen molar-refractivity contribution in [2.75, 3.05) is 5.32 Å². The lowest BCUT2D eigenvalue weighted by Crippen LogP contribution is -2.19. The van der Waals surface area contributed by atoms with E-state index in [9.17, 15) is 14.9 Å². The highest BCUT2D eigenvalue weighted by atomic mass is 16.1. The third-order valence-electron chi connectivity index (χ3n) is 4.11. The van der Waals surface area contributed by atoms with Gasteiger partial charge in [-0.1, -0.05) is 29.8 Å². The van der Waals surface area contributed by atoms with Crippen LogP contribution in [0.25, 0.3) is 11.1 Å². The Morgan fingerprint density at radius 3 is 2.54 bits per heavy atom. The molecule has 0 saturated carbocycles. The Morgan fingerprint density at radius 2 is 1.92 bits per heavy atom. The second-order valence-electron chi connectivity index (χ2n) is 5.97. The van der Waals surface area contributed by atoms with Crippen molar-refractivity contribution in [3.8, 4) is 17.2 Å². The molecule has 1 aromatic carbocycles. The number of benzene rings is 1. The van der Waals surface area contributed by atoms with E-state index < -0.39 is 0 Å². The lowest BCUT2D eigenvalue weighted by Gasteiger charge is -2.21. The minimum atomic E-state index is -0.295. The minimum absolute atomic E-state index is 0.00481. The second-order valence-corrected chi connectivity index (χ2v) is 5.97. The summed E-state index contributed by atoms with van der Waals surface area (Å²) >= 11 is 0. The van der Waals surface area contributed by atoms with Gasteiger partial charge in [0.1, 0.15) is 11.6 Å². The second kappa shape index (κ2) is 6.25. The van der Waals surface area contributed by atoms with E-state index in [2.05, 4.69) is 16.4 Å². The molecule has 2 aromatic rings. The molecule has 0 aliphatic heterocycles. The van der Waals surface area contributed by atoms with Crippen LogP contribution in [-0.2, 0) is 11.2 Å². The van der Waals surface area contributed by atoms with Crippen molar-refractivity contribution in [1.29, 1.82) is 5.26 Å². The molecule has 1 heterocycles. The molecule has 24 heavy (non-hydrogen) atoms. The molecule has 3 rings (SSSR count). The number of nitriles is 1. The fraction of sp³-hybridized carbons (Fsp3) is 0.263. The lowest BCUT2D eigenvalue weighted by atomic mass is 9.85. The molecule has 1 aromatic heterocycles. The topological polar surface area (TPSA) is 82.8 Å². The molecule has 1 N–H and O–H groups in total. The van der Waals surface area contributed by atoms with Gasteiger partial charge in [-0.15, -0.1) is 0 Å². The summed E-state index contributed by atoms with van der Waals surface area (Å²) in [4.78, 5) is 28.4. The van der Waals surface area contributed by atoms with E-state index in [0.29, 0.717) is 29.7 Å². The number of nitrogens with zero attached hydrogens (tertiary/aromatic N) is 2. The van der Waals surface area contributed by atoms with Crippen LogP contribution >= 0.6 is 0 Å². The van der Waals surface area contributed by atoms with Gasteiger partial charge in [0, 0.05) is 24.5 Å². The van der Waals surface area contributed by atoms with Gasteiger partial charge in [-0.05, 0) is 25.3 Å². The molecule has 0 spiro atoms. The summed E-state index contributed by atoms with van der Waals surface area (Å²) in [7, 11) is 0. The van der Waals surface area contributed by atoms with E-state index in [4.69, 9.17) is 0 Å². The van der Waals surface area contributed by atoms with Gasteiger partial charge in [0.05, 0.1) is 5.69 Å². The monoisotopic (exact) mass is 319 g/mol. The quantitative estimate of drug-likeness (QED) is 0.919. The average Bonchev–Trinajstić information content (AvgIpc) is 2.54. The molecular formula is C19H17N3O2. The molecule has 1 amide bonds. The molecule has 0 bridgehead atoms. The maximum absolute atomic E-state index is 12.5. The van der Waals surface area contributed by atoms with Gasteiger partial charge >= 0.3 is 0 Å². The molecule has 120 valence electrons. The Bertz CT molecular complexity index is 877. The number of nitrogens with one attached hydrogen (secondary N) is 1. The van der Waals surface area contributed by atoms with Gasteiger partial charge in [0.2, 0.25) is 5.91 Å². The molecule has 0 saturated heterocycles. The predicted molar refractivity (Wildman–Crippen MR) is 90.7 cm³/mol. The number of ketones is 1. The Hall–Kier alpha value is -3.00. The summed E-state index contributed by atoms with van der Waals surface area (Å²) < 4.78 is 0. The first-order chi connectivity index (χ1) is 11.5. The van der Waals surface area contributed by atoms with Crippen LogP contribution in [0.15, 0.2) is 24.3 Å². The van der Waals surface area contributed by atoms with Crippen molar-refractivity contribution in [3.05, 3.63) is 46.6 Å². The zero-order valence-corrected chi connectivity index (χ0v) is 13.6. The predicted octanol–water partition coefficient (Wildman–Crippen LogP) is 3.41. The number of hydrogen-bond acceptors (Lipinski definition) is 4. The highest BCUT2D eigenvalue weighted by Gasteiger charge is 2.28. The van der Waals surface area contributed by atoms with Crippen molar-refractivity contribution in [3.63, 3.8) is 0 Å². The number of carbonyl (C=O) groups is 2. The van der Waals surface area contributed by atoms with Gasteiger partial charge in [-0.2, -0.15) is 5.26 Å². The first-order valence-corrected chi connectivity index (χ1v) is 7.86. The standard InChI is InChI=1S/C19H17N3O2/c1-11-6-8-13(9-7-11)17-14(10-20)19(21-12(2)23)22-15-4-3-5-16(24)18(15)17/h6-9H,3-5H2,1-2H3,(H,21,22,23). The molecule has 5 heteroatoms. The van der Waals surface area contributed by atoms with Crippen molar-refractivity contribution < 1.29 is 9.59 Å².